The van der Waals surface area contributed by atoms with Crippen molar-refractivity contribution in [2.24, 2.45) is 0 Å². The summed E-state index contributed by atoms with van der Waals surface area (Å²) in [4.78, 5) is 57.2. The van der Waals surface area contributed by atoms with Gasteiger partial charge in [-0.1, -0.05) is 12.1 Å². The Hall–Kier alpha value is -3.79. The summed E-state index contributed by atoms with van der Waals surface area (Å²) in [5, 5.41) is 19.3. The first kappa shape index (κ1) is 35.4. The molecule has 1 aliphatic heterocycles. The molecule has 0 bridgehead atoms. The van der Waals surface area contributed by atoms with Crippen LogP contribution in [0.4, 0.5) is 13.2 Å². The van der Waals surface area contributed by atoms with Gasteiger partial charge in [0.05, 0.1) is 26.4 Å². The van der Waals surface area contributed by atoms with Crippen LogP contribution < -0.4 is 10.1 Å². The van der Waals surface area contributed by atoms with Gasteiger partial charge < -0.3 is 30.2 Å². The lowest BCUT2D eigenvalue weighted by molar-refractivity contribution is -0.192. The molecule has 2 atom stereocenters. The van der Waals surface area contributed by atoms with Gasteiger partial charge in [-0.05, 0) is 49.0 Å². The zero-order valence-electron chi connectivity index (χ0n) is 23.8. The molecule has 1 saturated heterocycles. The van der Waals surface area contributed by atoms with Gasteiger partial charge >= 0.3 is 18.1 Å². The highest BCUT2D eigenvalue weighted by molar-refractivity contribution is 7.98. The second-order valence-electron chi connectivity index (χ2n) is 9.70. The fourth-order valence-electron chi connectivity index (χ4n) is 4.45. The summed E-state index contributed by atoms with van der Waals surface area (Å²) in [5.74, 6) is -2.76. The molecule has 238 valence electrons. The van der Waals surface area contributed by atoms with Gasteiger partial charge in [-0.2, -0.15) is 24.9 Å². The molecule has 2 heterocycles. The van der Waals surface area contributed by atoms with E-state index in [4.69, 9.17) is 14.6 Å². The van der Waals surface area contributed by atoms with E-state index in [1.54, 1.807) is 19.6 Å². The summed E-state index contributed by atoms with van der Waals surface area (Å²) in [5.41, 5.74) is 1.73. The van der Waals surface area contributed by atoms with Gasteiger partial charge in [-0.3, -0.25) is 14.5 Å². The number of thioether (sulfide) groups is 1. The molecule has 1 unspecified atom stereocenters. The lowest BCUT2D eigenvalue weighted by Crippen LogP contribution is -2.49. The van der Waals surface area contributed by atoms with Crippen molar-refractivity contribution in [3.05, 3.63) is 48.0 Å². The number of likely N-dealkylation sites (tertiary alicyclic amines) is 1. The number of carbonyl (C=O) groups is 4. The third kappa shape index (κ3) is 12.5. The molecule has 1 aromatic carbocycles. The first-order valence-electron chi connectivity index (χ1n) is 13.3. The van der Waals surface area contributed by atoms with Gasteiger partial charge in [-0.15, -0.1) is 0 Å². The predicted octanol–water partition coefficient (Wildman–Crippen LogP) is 2.41. The molecular weight excluding hydrogens is 595 g/mol. The number of alkyl halides is 3. The zero-order valence-corrected chi connectivity index (χ0v) is 24.6. The monoisotopic (exact) mass is 631 g/mol. The standard InChI is InChI=1S/C25H35N5O5S.C2HF3O2/c1-35-21-7-3-5-18(11-21)14-29(16-23(31)28-22(25(33)34)8-10-36-2)15-20-6-4-9-30(20)24(32)12-19-13-26-17-27-19;3-2(4,5)1(6)7/h3,5,7,11,13,17,20,22H,4,6,8-10,12,14-16H2,1-2H3,(H,26,27)(H,28,31)(H,33,34);(H,6,7)/t20-,22?;/m0./s1. The molecule has 0 saturated carbocycles. The van der Waals surface area contributed by atoms with Crippen LogP contribution in [-0.4, -0.2) is 111 Å². The van der Waals surface area contributed by atoms with Crippen LogP contribution in [0.15, 0.2) is 36.8 Å². The Labute approximate surface area is 251 Å². The highest BCUT2D eigenvalue weighted by Gasteiger charge is 2.38. The van der Waals surface area contributed by atoms with E-state index in [1.807, 2.05) is 40.3 Å². The van der Waals surface area contributed by atoms with Crippen molar-refractivity contribution in [3.8, 4) is 5.75 Å². The van der Waals surface area contributed by atoms with Crippen molar-refractivity contribution in [2.75, 3.05) is 38.8 Å². The first-order chi connectivity index (χ1) is 20.3. The first-order valence-corrected chi connectivity index (χ1v) is 14.7. The third-order valence-electron chi connectivity index (χ3n) is 6.46. The van der Waals surface area contributed by atoms with Crippen LogP contribution in [0.1, 0.15) is 30.5 Å². The molecule has 3 rings (SSSR count). The number of ether oxygens (including phenoxy) is 1. The Kier molecular flexibility index (Phi) is 14.3. The average molecular weight is 632 g/mol. The maximum absolute atomic E-state index is 13.0. The summed E-state index contributed by atoms with van der Waals surface area (Å²) in [6.07, 6.45) is 2.38. The van der Waals surface area contributed by atoms with E-state index in [0.29, 0.717) is 31.8 Å². The van der Waals surface area contributed by atoms with E-state index in [0.717, 1.165) is 29.8 Å². The molecule has 12 nitrogen and oxygen atoms in total. The lowest BCUT2D eigenvalue weighted by Gasteiger charge is -2.31. The van der Waals surface area contributed by atoms with Crippen LogP contribution in [-0.2, 0) is 32.1 Å². The van der Waals surface area contributed by atoms with E-state index >= 15 is 0 Å². The van der Waals surface area contributed by atoms with Gasteiger partial charge in [-0.25, -0.2) is 14.6 Å². The van der Waals surface area contributed by atoms with Crippen LogP contribution in [0.3, 0.4) is 0 Å². The number of carbonyl (C=O) groups excluding carboxylic acids is 2. The van der Waals surface area contributed by atoms with Gasteiger partial charge in [0.15, 0.2) is 0 Å². The average Bonchev–Trinajstić information content (AvgIpc) is 3.63. The molecule has 2 aromatic rings. The van der Waals surface area contributed by atoms with Crippen LogP contribution in [0.25, 0.3) is 0 Å². The topological polar surface area (TPSA) is 165 Å². The van der Waals surface area contributed by atoms with Crippen LogP contribution in [0, 0.1) is 0 Å². The minimum Gasteiger partial charge on any atom is -0.497 e. The quantitative estimate of drug-likeness (QED) is 0.243. The van der Waals surface area contributed by atoms with Crippen molar-refractivity contribution < 1.29 is 47.3 Å². The number of halogens is 3. The number of carboxylic acid groups (broad SMARTS) is 2. The number of aliphatic carboxylic acids is 2. The Morgan fingerprint density at radius 2 is 2.00 bits per heavy atom. The molecule has 1 aromatic heterocycles. The Morgan fingerprint density at radius 3 is 2.58 bits per heavy atom. The number of carboxylic acids is 2. The molecule has 4 N–H and O–H groups in total. The van der Waals surface area contributed by atoms with E-state index in [1.165, 1.54) is 11.8 Å². The molecule has 1 aliphatic rings. The third-order valence-corrected chi connectivity index (χ3v) is 7.10. The lowest BCUT2D eigenvalue weighted by atomic mass is 10.1. The fourth-order valence-corrected chi connectivity index (χ4v) is 4.92. The zero-order chi connectivity index (χ0) is 32.0. The highest BCUT2D eigenvalue weighted by Crippen LogP contribution is 2.21. The predicted molar refractivity (Wildman–Crippen MR) is 152 cm³/mol. The van der Waals surface area contributed by atoms with Crippen molar-refractivity contribution in [2.45, 2.75) is 50.5 Å². The Morgan fingerprint density at radius 1 is 1.28 bits per heavy atom. The summed E-state index contributed by atoms with van der Waals surface area (Å²) in [6, 6.07) is 6.66. The number of hydrogen-bond donors (Lipinski definition) is 4. The fraction of sp³-hybridized carbons (Fsp3) is 0.519. The van der Waals surface area contributed by atoms with Crippen molar-refractivity contribution >= 4 is 35.5 Å². The van der Waals surface area contributed by atoms with Gasteiger partial charge in [0.2, 0.25) is 11.8 Å². The van der Waals surface area contributed by atoms with Gasteiger partial charge in [0.25, 0.3) is 0 Å². The largest absolute Gasteiger partial charge is 0.497 e. The number of aromatic nitrogens is 2. The summed E-state index contributed by atoms with van der Waals surface area (Å²) >= 11 is 1.54. The second kappa shape index (κ2) is 17.4. The number of benzene rings is 1. The molecule has 0 radical (unpaired) electrons. The number of rotatable bonds is 14. The van der Waals surface area contributed by atoms with Crippen LogP contribution in [0.5, 0.6) is 5.75 Å². The van der Waals surface area contributed by atoms with E-state index in [2.05, 4.69) is 15.3 Å². The van der Waals surface area contributed by atoms with Crippen molar-refractivity contribution in [1.29, 1.82) is 0 Å². The van der Waals surface area contributed by atoms with E-state index in [9.17, 15) is 32.7 Å². The van der Waals surface area contributed by atoms with E-state index < -0.39 is 24.2 Å². The summed E-state index contributed by atoms with van der Waals surface area (Å²) < 4.78 is 37.1. The Bertz CT molecular complexity index is 1200. The summed E-state index contributed by atoms with van der Waals surface area (Å²) in [6.45, 7) is 1.67. The summed E-state index contributed by atoms with van der Waals surface area (Å²) in [7, 11) is 1.60. The van der Waals surface area contributed by atoms with Gasteiger partial charge in [0.1, 0.15) is 11.8 Å². The molecule has 0 spiro atoms. The molecule has 16 heteroatoms. The van der Waals surface area contributed by atoms with E-state index in [-0.39, 0.29) is 30.8 Å². The SMILES string of the molecule is COc1cccc(CN(CC(=O)NC(CCSC)C(=O)O)C[C@@H]2CCCN2C(=O)Cc2cnc[nH]2)c1.O=C(O)C(F)(F)F. The van der Waals surface area contributed by atoms with Gasteiger partial charge in [0, 0.05) is 37.6 Å². The number of imidazole rings is 1. The number of nitrogens with zero attached hydrogens (tertiary/aromatic N) is 3. The maximum atomic E-state index is 13.0. The number of H-pyrrole nitrogens is 1. The highest BCUT2D eigenvalue weighted by atomic mass is 32.2. The van der Waals surface area contributed by atoms with Crippen molar-refractivity contribution in [1.82, 2.24) is 25.1 Å². The Balaban J connectivity index is 0.000000821. The van der Waals surface area contributed by atoms with Crippen LogP contribution in [0.2, 0.25) is 0 Å². The number of aromatic amines is 1. The molecule has 43 heavy (non-hydrogen) atoms. The molecular formula is C27H36F3N5O7S. The molecule has 2 amide bonds. The number of methoxy groups -OCH3 is 1. The van der Waals surface area contributed by atoms with Crippen molar-refractivity contribution in [3.63, 3.8) is 0 Å². The minimum atomic E-state index is -5.08. The smallest absolute Gasteiger partial charge is 0.490 e. The maximum Gasteiger partial charge on any atom is 0.490 e. The minimum absolute atomic E-state index is 0.0236. The second-order valence-corrected chi connectivity index (χ2v) is 10.7. The number of amides is 2. The molecule has 0 aliphatic carbocycles. The normalized spacial score (nSPS) is 15.4. The molecule has 1 fully saturated rings. The number of hydrogen-bond acceptors (Lipinski definition) is 8. The van der Waals surface area contributed by atoms with Crippen LogP contribution >= 0.6 is 11.8 Å². The number of nitrogens with one attached hydrogen (secondary N) is 2.